The average molecular weight is 286 g/mol. The molecular weight excluding hydrogens is 260 g/mol. The molecule has 0 bridgehead atoms. The lowest BCUT2D eigenvalue weighted by molar-refractivity contribution is -0.218. The number of hydrogen-bond donors (Lipinski definition) is 0. The third-order valence-corrected chi connectivity index (χ3v) is 3.35. The fourth-order valence-corrected chi connectivity index (χ4v) is 1.97. The molecular formula is C14H26N2O4. The van der Waals surface area contributed by atoms with Gasteiger partial charge in [0.1, 0.15) is 0 Å². The Morgan fingerprint density at radius 2 is 1.70 bits per heavy atom. The van der Waals surface area contributed by atoms with Crippen LogP contribution >= 0.6 is 0 Å². The van der Waals surface area contributed by atoms with Crippen molar-refractivity contribution in [1.29, 1.82) is 0 Å². The smallest absolute Gasteiger partial charge is 0.330 e. The lowest BCUT2D eigenvalue weighted by Crippen LogP contribution is -2.58. The van der Waals surface area contributed by atoms with Gasteiger partial charge in [-0.05, 0) is 34.6 Å². The Bertz CT molecular complexity index is 346. The van der Waals surface area contributed by atoms with E-state index < -0.39 is 11.1 Å². The second-order valence-electron chi connectivity index (χ2n) is 6.15. The van der Waals surface area contributed by atoms with Crippen molar-refractivity contribution in [3.05, 3.63) is 0 Å². The van der Waals surface area contributed by atoms with Crippen LogP contribution in [0.3, 0.4) is 0 Å². The average Bonchev–Trinajstić information content (AvgIpc) is 2.38. The lowest BCUT2D eigenvalue weighted by Gasteiger charge is -2.41. The molecule has 1 rings (SSSR count). The minimum atomic E-state index is -0.894. The van der Waals surface area contributed by atoms with Crippen LogP contribution in [0.2, 0.25) is 0 Å². The Balaban J connectivity index is 2.51. The van der Waals surface area contributed by atoms with E-state index in [1.165, 1.54) is 0 Å². The molecule has 0 aromatic heterocycles. The summed E-state index contributed by atoms with van der Waals surface area (Å²) in [6.07, 6.45) is 0.827. The summed E-state index contributed by atoms with van der Waals surface area (Å²) in [5.74, 6) is -0.242. The monoisotopic (exact) mass is 286 g/mol. The number of carbonyl (C=O) groups is 2. The first-order valence-electron chi connectivity index (χ1n) is 7.05. The third kappa shape index (κ3) is 4.26. The number of ether oxygens (including phenoxy) is 1. The van der Waals surface area contributed by atoms with Gasteiger partial charge in [-0.25, -0.2) is 4.79 Å². The molecule has 0 saturated carbocycles. The van der Waals surface area contributed by atoms with Gasteiger partial charge in [0.25, 0.3) is 0 Å². The molecule has 0 radical (unpaired) electrons. The summed E-state index contributed by atoms with van der Waals surface area (Å²) in [5.41, 5.74) is -1.41. The number of carbonyl (C=O) groups excluding carboxylic acids is 2. The van der Waals surface area contributed by atoms with E-state index in [0.29, 0.717) is 32.8 Å². The first-order valence-corrected chi connectivity index (χ1v) is 7.05. The van der Waals surface area contributed by atoms with Crippen molar-refractivity contribution in [2.24, 2.45) is 5.41 Å². The molecule has 0 spiro atoms. The van der Waals surface area contributed by atoms with E-state index in [1.54, 1.807) is 12.0 Å². The molecule has 1 atom stereocenters. The van der Waals surface area contributed by atoms with Crippen LogP contribution in [-0.2, 0) is 19.2 Å². The highest BCUT2D eigenvalue weighted by Gasteiger charge is 2.36. The summed E-state index contributed by atoms with van der Waals surface area (Å²) in [7, 11) is 0. The van der Waals surface area contributed by atoms with Crippen molar-refractivity contribution in [2.75, 3.05) is 32.8 Å². The van der Waals surface area contributed by atoms with Crippen LogP contribution in [0.4, 0.5) is 0 Å². The molecule has 0 aromatic carbocycles. The molecule has 1 aliphatic heterocycles. The molecule has 0 amide bonds. The molecule has 6 nitrogen and oxygen atoms in total. The normalized spacial score (nSPS) is 21.2. The first kappa shape index (κ1) is 17.1. The fraction of sp³-hybridized carbons (Fsp3) is 0.857. The maximum atomic E-state index is 11.8. The van der Waals surface area contributed by atoms with Crippen molar-refractivity contribution in [1.82, 2.24) is 9.96 Å². The largest absolute Gasteiger partial charge is 0.367 e. The molecule has 1 heterocycles. The van der Waals surface area contributed by atoms with Crippen LogP contribution in [0.1, 0.15) is 34.6 Å². The van der Waals surface area contributed by atoms with Crippen molar-refractivity contribution in [2.45, 2.75) is 40.3 Å². The van der Waals surface area contributed by atoms with Crippen LogP contribution in [0.25, 0.3) is 0 Å². The van der Waals surface area contributed by atoms with Crippen LogP contribution in [0.15, 0.2) is 0 Å². The van der Waals surface area contributed by atoms with Crippen LogP contribution in [0.5, 0.6) is 0 Å². The topological polar surface area (TPSA) is 59.1 Å². The molecule has 1 saturated heterocycles. The summed E-state index contributed by atoms with van der Waals surface area (Å²) in [5, 5.41) is 1.65. The van der Waals surface area contributed by atoms with E-state index >= 15 is 0 Å². The first-order chi connectivity index (χ1) is 9.23. The van der Waals surface area contributed by atoms with E-state index in [-0.39, 0.29) is 5.97 Å². The van der Waals surface area contributed by atoms with Gasteiger partial charge in [0.05, 0.1) is 5.41 Å². The lowest BCUT2D eigenvalue weighted by atomic mass is 9.98. The number of rotatable bonds is 5. The van der Waals surface area contributed by atoms with Gasteiger partial charge in [0, 0.05) is 32.8 Å². The highest BCUT2D eigenvalue weighted by molar-refractivity contribution is 5.75. The van der Waals surface area contributed by atoms with E-state index in [1.807, 2.05) is 32.6 Å². The van der Waals surface area contributed by atoms with Gasteiger partial charge in [-0.1, -0.05) is 0 Å². The van der Waals surface area contributed by atoms with Gasteiger partial charge in [0.2, 0.25) is 0 Å². The molecule has 0 N–H and O–H groups in total. The zero-order valence-corrected chi connectivity index (χ0v) is 13.1. The van der Waals surface area contributed by atoms with E-state index in [4.69, 9.17) is 9.57 Å². The molecule has 1 fully saturated rings. The molecule has 0 aliphatic carbocycles. The second-order valence-corrected chi connectivity index (χ2v) is 6.15. The predicted molar refractivity (Wildman–Crippen MR) is 74.8 cm³/mol. The Labute approximate surface area is 121 Å². The highest BCUT2D eigenvalue weighted by atomic mass is 16.7. The van der Waals surface area contributed by atoms with Gasteiger partial charge >= 0.3 is 5.97 Å². The minimum Gasteiger partial charge on any atom is -0.367 e. The molecule has 6 heteroatoms. The van der Waals surface area contributed by atoms with Crippen LogP contribution in [-0.4, -0.2) is 60.7 Å². The van der Waals surface area contributed by atoms with Crippen molar-refractivity contribution >= 4 is 12.3 Å². The van der Waals surface area contributed by atoms with E-state index in [0.717, 1.165) is 6.29 Å². The Morgan fingerprint density at radius 3 is 2.10 bits per heavy atom. The third-order valence-electron chi connectivity index (χ3n) is 3.35. The van der Waals surface area contributed by atoms with Crippen LogP contribution in [0, 0.1) is 5.41 Å². The summed E-state index contributed by atoms with van der Waals surface area (Å²) in [6, 6.07) is 0. The SMILES string of the molecule is CCOC(C)(C=O)N1CCN(OC(=O)C(C)(C)C)CC1. The zero-order valence-electron chi connectivity index (χ0n) is 13.1. The predicted octanol–water partition coefficient (Wildman–Crippen LogP) is 1.06. The Hall–Kier alpha value is -0.980. The maximum absolute atomic E-state index is 11.8. The van der Waals surface area contributed by atoms with Crippen molar-refractivity contribution in [3.63, 3.8) is 0 Å². The number of aldehydes is 1. The number of hydrogen-bond acceptors (Lipinski definition) is 6. The zero-order chi connectivity index (χ0) is 15.4. The maximum Gasteiger partial charge on any atom is 0.330 e. The Kier molecular flexibility index (Phi) is 5.68. The van der Waals surface area contributed by atoms with Gasteiger partial charge in [-0.3, -0.25) is 9.69 Å². The number of hydroxylamine groups is 2. The van der Waals surface area contributed by atoms with Gasteiger partial charge in [0.15, 0.2) is 12.0 Å². The molecule has 1 aliphatic rings. The van der Waals surface area contributed by atoms with Crippen LogP contribution < -0.4 is 0 Å². The summed E-state index contributed by atoms with van der Waals surface area (Å²) in [4.78, 5) is 30.4. The molecule has 1 unspecified atom stereocenters. The van der Waals surface area contributed by atoms with Crippen molar-refractivity contribution in [3.8, 4) is 0 Å². The Morgan fingerprint density at radius 1 is 1.15 bits per heavy atom. The molecule has 116 valence electrons. The summed E-state index contributed by atoms with van der Waals surface area (Å²) >= 11 is 0. The van der Waals surface area contributed by atoms with E-state index in [2.05, 4.69) is 0 Å². The van der Waals surface area contributed by atoms with E-state index in [9.17, 15) is 9.59 Å². The molecule has 20 heavy (non-hydrogen) atoms. The van der Waals surface area contributed by atoms with Crippen molar-refractivity contribution < 1.29 is 19.2 Å². The summed E-state index contributed by atoms with van der Waals surface area (Å²) < 4.78 is 5.52. The summed E-state index contributed by atoms with van der Waals surface area (Å²) in [6.45, 7) is 12.0. The number of nitrogens with zero attached hydrogens (tertiary/aromatic N) is 2. The van der Waals surface area contributed by atoms with Gasteiger partial charge in [-0.2, -0.15) is 0 Å². The second kappa shape index (κ2) is 6.65. The highest BCUT2D eigenvalue weighted by Crippen LogP contribution is 2.20. The number of piperazine rings is 1. The minimum absolute atomic E-state index is 0.242. The standard InChI is InChI=1S/C14H26N2O4/c1-6-19-14(5,11-17)15-7-9-16(10-8-15)20-12(18)13(2,3)4/h11H,6-10H2,1-5H3. The molecule has 0 aromatic rings. The quantitative estimate of drug-likeness (QED) is 0.704. The van der Waals surface area contributed by atoms with Gasteiger partial charge in [-0.15, -0.1) is 5.06 Å². The fourth-order valence-electron chi connectivity index (χ4n) is 1.97. The van der Waals surface area contributed by atoms with Gasteiger partial charge < -0.3 is 9.57 Å².